The monoisotopic (exact) mass is 402 g/mol. The highest BCUT2D eigenvalue weighted by atomic mass is 35.5. The summed E-state index contributed by atoms with van der Waals surface area (Å²) in [5.41, 5.74) is -0.171. The Kier molecular flexibility index (Phi) is 10.9. The molecule has 3 N–H and O–H groups in total. The lowest BCUT2D eigenvalue weighted by molar-refractivity contribution is -0.137. The number of carboxylic acid groups (broad SMARTS) is 1. The molecule has 1 unspecified atom stereocenters. The number of alkyl halides is 1. The van der Waals surface area contributed by atoms with E-state index in [0.717, 1.165) is 51.4 Å². The largest absolute Gasteiger partial charge is 0.481 e. The van der Waals surface area contributed by atoms with Crippen LogP contribution in [-0.2, 0) is 4.79 Å². The summed E-state index contributed by atoms with van der Waals surface area (Å²) >= 11 is 6.49. The highest BCUT2D eigenvalue weighted by molar-refractivity contribution is 6.21. The molecule has 0 heterocycles. The smallest absolute Gasteiger partial charge is 0.303 e. The van der Waals surface area contributed by atoms with Crippen molar-refractivity contribution in [3.8, 4) is 0 Å². The summed E-state index contributed by atoms with van der Waals surface area (Å²) in [5, 5.41) is 29.6. The summed E-state index contributed by atoms with van der Waals surface area (Å²) in [6, 6.07) is 0. The van der Waals surface area contributed by atoms with Crippen LogP contribution in [0.2, 0.25) is 0 Å². The van der Waals surface area contributed by atoms with Gasteiger partial charge in [0, 0.05) is 17.7 Å². The number of hydrogen-bond acceptors (Lipinski definition) is 3. The first-order valence-corrected chi connectivity index (χ1v) is 11.0. The van der Waals surface area contributed by atoms with Crippen molar-refractivity contribution in [2.24, 2.45) is 17.3 Å². The van der Waals surface area contributed by atoms with E-state index in [9.17, 15) is 15.0 Å². The van der Waals surface area contributed by atoms with E-state index in [0.29, 0.717) is 6.42 Å². The Bertz CT molecular complexity index is 463. The van der Waals surface area contributed by atoms with Crippen LogP contribution in [0.5, 0.6) is 0 Å². The second kappa shape index (κ2) is 12.1. The SMILES string of the molecule is CCCCC(C)(C)[C@H](O)/C=C/[C@@H]1C(CCCCCCC(=O)O)[C@H](Cl)C[C@H]1O. The zero-order valence-corrected chi connectivity index (χ0v) is 18.0. The topological polar surface area (TPSA) is 77.8 Å². The van der Waals surface area contributed by atoms with Gasteiger partial charge in [-0.3, -0.25) is 4.79 Å². The van der Waals surface area contributed by atoms with Crippen LogP contribution in [0.4, 0.5) is 0 Å². The molecule has 158 valence electrons. The number of carboxylic acids is 1. The lowest BCUT2D eigenvalue weighted by Gasteiger charge is -2.29. The maximum absolute atomic E-state index is 10.6. The molecule has 0 spiro atoms. The summed E-state index contributed by atoms with van der Waals surface area (Å²) in [4.78, 5) is 10.5. The Morgan fingerprint density at radius 3 is 2.52 bits per heavy atom. The minimum atomic E-state index is -0.736. The molecule has 1 aliphatic rings. The van der Waals surface area contributed by atoms with Gasteiger partial charge < -0.3 is 15.3 Å². The fourth-order valence-electron chi connectivity index (χ4n) is 4.02. The van der Waals surface area contributed by atoms with Gasteiger partial charge in [-0.2, -0.15) is 0 Å². The molecule has 1 fully saturated rings. The first-order valence-electron chi connectivity index (χ1n) is 10.6. The molecule has 27 heavy (non-hydrogen) atoms. The van der Waals surface area contributed by atoms with Gasteiger partial charge >= 0.3 is 5.97 Å². The number of aliphatic hydroxyl groups excluding tert-OH is 2. The Morgan fingerprint density at radius 1 is 1.22 bits per heavy atom. The van der Waals surface area contributed by atoms with Crippen LogP contribution in [0.15, 0.2) is 12.2 Å². The van der Waals surface area contributed by atoms with Gasteiger partial charge in [-0.1, -0.05) is 65.0 Å². The molecule has 0 aromatic rings. The molecule has 0 aromatic carbocycles. The predicted octanol–water partition coefficient (Wildman–Crippen LogP) is 5.15. The number of unbranched alkanes of at least 4 members (excludes halogenated alkanes) is 4. The lowest BCUT2D eigenvalue weighted by Crippen LogP contribution is -2.28. The van der Waals surface area contributed by atoms with Crippen molar-refractivity contribution in [3.05, 3.63) is 12.2 Å². The van der Waals surface area contributed by atoms with E-state index in [4.69, 9.17) is 16.7 Å². The maximum Gasteiger partial charge on any atom is 0.303 e. The summed E-state index contributed by atoms with van der Waals surface area (Å²) in [5.74, 6) is -0.535. The molecule has 1 rings (SSSR count). The van der Waals surface area contributed by atoms with Crippen LogP contribution in [0, 0.1) is 17.3 Å². The fourth-order valence-corrected chi connectivity index (χ4v) is 4.49. The van der Waals surface area contributed by atoms with Crippen molar-refractivity contribution >= 4 is 17.6 Å². The minimum absolute atomic E-state index is 0.0110. The van der Waals surface area contributed by atoms with Gasteiger partial charge in [-0.25, -0.2) is 0 Å². The highest BCUT2D eigenvalue weighted by Crippen LogP contribution is 2.40. The van der Waals surface area contributed by atoms with E-state index in [1.165, 1.54) is 0 Å². The molecule has 0 bridgehead atoms. The molecule has 1 aliphatic carbocycles. The number of halogens is 1. The van der Waals surface area contributed by atoms with Crippen molar-refractivity contribution in [1.29, 1.82) is 0 Å². The highest BCUT2D eigenvalue weighted by Gasteiger charge is 2.39. The van der Waals surface area contributed by atoms with E-state index in [1.54, 1.807) is 0 Å². The molecule has 0 aromatic heterocycles. The Labute approximate surface area is 170 Å². The number of hydrogen-bond donors (Lipinski definition) is 3. The molecule has 0 radical (unpaired) electrons. The summed E-state index contributed by atoms with van der Waals surface area (Å²) < 4.78 is 0. The van der Waals surface area contributed by atoms with Crippen LogP contribution in [0.1, 0.15) is 85.0 Å². The number of carbonyl (C=O) groups is 1. The number of aliphatic carboxylic acids is 1. The molecule has 5 heteroatoms. The van der Waals surface area contributed by atoms with Gasteiger partial charge in [0.05, 0.1) is 12.2 Å². The first-order chi connectivity index (χ1) is 12.7. The van der Waals surface area contributed by atoms with Gasteiger partial charge in [0.2, 0.25) is 0 Å². The first kappa shape index (κ1) is 24.5. The third kappa shape index (κ3) is 8.53. The predicted molar refractivity (Wildman–Crippen MR) is 111 cm³/mol. The fraction of sp³-hybridized carbons (Fsp3) is 0.864. The van der Waals surface area contributed by atoms with Crippen LogP contribution in [-0.4, -0.2) is 38.9 Å². The van der Waals surface area contributed by atoms with Crippen molar-refractivity contribution in [1.82, 2.24) is 0 Å². The zero-order chi connectivity index (χ0) is 20.4. The van der Waals surface area contributed by atoms with Gasteiger partial charge in [0.25, 0.3) is 0 Å². The zero-order valence-electron chi connectivity index (χ0n) is 17.2. The van der Waals surface area contributed by atoms with Crippen LogP contribution in [0.25, 0.3) is 0 Å². The van der Waals surface area contributed by atoms with E-state index in [1.807, 2.05) is 12.2 Å². The Hall–Kier alpha value is -0.580. The number of rotatable bonds is 13. The summed E-state index contributed by atoms with van der Waals surface area (Å²) in [7, 11) is 0. The molecule has 0 amide bonds. The second-order valence-corrected chi connectivity index (χ2v) is 9.39. The molecular formula is C22H39ClO4. The Balaban J connectivity index is 2.53. The molecule has 1 saturated carbocycles. The summed E-state index contributed by atoms with van der Waals surface area (Å²) in [6.07, 6.45) is 11.4. The third-order valence-electron chi connectivity index (χ3n) is 6.04. The van der Waals surface area contributed by atoms with E-state index in [2.05, 4.69) is 20.8 Å². The van der Waals surface area contributed by atoms with Gasteiger partial charge in [0.15, 0.2) is 0 Å². The van der Waals surface area contributed by atoms with Crippen molar-refractivity contribution in [2.75, 3.05) is 0 Å². The minimum Gasteiger partial charge on any atom is -0.481 e. The third-order valence-corrected chi connectivity index (χ3v) is 6.54. The molecular weight excluding hydrogens is 364 g/mol. The van der Waals surface area contributed by atoms with Crippen LogP contribution >= 0.6 is 11.6 Å². The van der Waals surface area contributed by atoms with E-state index >= 15 is 0 Å². The molecule has 5 atom stereocenters. The Morgan fingerprint density at radius 2 is 1.89 bits per heavy atom. The van der Waals surface area contributed by atoms with Gasteiger partial charge in [-0.15, -0.1) is 11.6 Å². The maximum atomic E-state index is 10.6. The quantitative estimate of drug-likeness (QED) is 0.226. The van der Waals surface area contributed by atoms with E-state index in [-0.39, 0.29) is 29.0 Å². The molecule has 0 saturated heterocycles. The normalized spacial score (nSPS) is 27.3. The average molecular weight is 403 g/mol. The number of aliphatic hydroxyl groups is 2. The lowest BCUT2D eigenvalue weighted by atomic mass is 9.80. The standard InChI is InChI=1S/C22H39ClO4/c1-4-5-14-22(2,3)20(25)13-12-17-16(18(23)15-19(17)24)10-8-6-7-9-11-21(26)27/h12-13,16-20,24-25H,4-11,14-15H2,1-3H3,(H,26,27)/b13-12+/t16?,17-,18-,19-,20-/m1/s1. The van der Waals surface area contributed by atoms with Gasteiger partial charge in [0.1, 0.15) is 0 Å². The van der Waals surface area contributed by atoms with Crippen LogP contribution < -0.4 is 0 Å². The van der Waals surface area contributed by atoms with Crippen molar-refractivity contribution < 1.29 is 20.1 Å². The molecule has 4 nitrogen and oxygen atoms in total. The van der Waals surface area contributed by atoms with Crippen molar-refractivity contribution in [2.45, 2.75) is 103 Å². The van der Waals surface area contributed by atoms with Gasteiger partial charge in [-0.05, 0) is 37.0 Å². The summed E-state index contributed by atoms with van der Waals surface area (Å²) in [6.45, 7) is 6.32. The second-order valence-electron chi connectivity index (χ2n) is 8.83. The molecule has 0 aliphatic heterocycles. The average Bonchev–Trinajstić information content (AvgIpc) is 2.86. The van der Waals surface area contributed by atoms with E-state index < -0.39 is 18.2 Å². The van der Waals surface area contributed by atoms with Crippen molar-refractivity contribution in [3.63, 3.8) is 0 Å². The van der Waals surface area contributed by atoms with Crippen LogP contribution in [0.3, 0.4) is 0 Å².